The zero-order chi connectivity index (χ0) is 23.5. The minimum atomic E-state index is -0.915. The number of carbonyl (C=O) groups is 2. The first kappa shape index (κ1) is 40.1. The van der Waals surface area contributed by atoms with Crippen LogP contribution in [0.15, 0.2) is 0 Å². The smallest absolute Gasteiger partial charge is 0.550 e. The minimum Gasteiger partial charge on any atom is -0.550 e. The molecule has 0 aromatic carbocycles. The second kappa shape index (κ2) is 34.6. The number of hydrogen-bond donors (Lipinski definition) is 0. The number of hydrogen-bond acceptors (Lipinski definition) is 6. The van der Waals surface area contributed by atoms with Crippen LogP contribution >= 0.6 is 23.5 Å². The van der Waals surface area contributed by atoms with Crippen LogP contribution in [0.5, 0.6) is 0 Å². The van der Waals surface area contributed by atoms with E-state index >= 15 is 0 Å². The third-order valence-corrected chi connectivity index (χ3v) is 8.11. The molecular formula is C26H48Na2O4S2. The normalized spacial score (nSPS) is 10.5. The first-order valence-corrected chi connectivity index (χ1v) is 15.5. The molecule has 0 radical (unpaired) electrons. The second-order valence-electron chi connectivity index (χ2n) is 8.83. The van der Waals surface area contributed by atoms with Crippen molar-refractivity contribution < 1.29 is 78.9 Å². The van der Waals surface area contributed by atoms with Gasteiger partial charge in [0, 0.05) is 23.4 Å². The average molecular weight is 535 g/mol. The maximum absolute atomic E-state index is 10.3. The van der Waals surface area contributed by atoms with E-state index in [2.05, 4.69) is 23.5 Å². The molecule has 0 atom stereocenters. The summed E-state index contributed by atoms with van der Waals surface area (Å²) in [5.74, 6) is 3.35. The van der Waals surface area contributed by atoms with Crippen molar-refractivity contribution in [3.63, 3.8) is 0 Å². The van der Waals surface area contributed by atoms with Crippen LogP contribution in [-0.2, 0) is 9.59 Å². The van der Waals surface area contributed by atoms with Crippen LogP contribution in [0.25, 0.3) is 0 Å². The molecule has 0 aromatic heterocycles. The molecule has 34 heavy (non-hydrogen) atoms. The zero-order valence-corrected chi connectivity index (χ0v) is 28.1. The summed E-state index contributed by atoms with van der Waals surface area (Å²) in [4.78, 5) is 20.6. The molecule has 0 aliphatic heterocycles. The van der Waals surface area contributed by atoms with Crippen LogP contribution in [0, 0.1) is 0 Å². The summed E-state index contributed by atoms with van der Waals surface area (Å²) in [6.07, 6.45) is 22.2. The molecule has 0 aliphatic rings. The number of carboxylic acids is 2. The molecule has 0 unspecified atom stereocenters. The van der Waals surface area contributed by atoms with Crippen molar-refractivity contribution in [2.45, 2.75) is 128 Å². The van der Waals surface area contributed by atoms with Gasteiger partial charge in [0.2, 0.25) is 0 Å². The van der Waals surface area contributed by atoms with E-state index in [9.17, 15) is 19.8 Å². The fourth-order valence-corrected chi connectivity index (χ4v) is 5.91. The molecule has 0 rings (SSSR count). The van der Waals surface area contributed by atoms with Gasteiger partial charge in [-0.3, -0.25) is 0 Å². The Labute approximate surface area is 263 Å². The number of carbonyl (C=O) groups excluding carboxylic acids is 2. The van der Waals surface area contributed by atoms with E-state index in [-0.39, 0.29) is 72.0 Å². The summed E-state index contributed by atoms with van der Waals surface area (Å²) in [6, 6.07) is 0. The van der Waals surface area contributed by atoms with Crippen LogP contribution in [0.1, 0.15) is 128 Å². The standard InChI is InChI=1S/C26H50O4S2.2Na/c27-25(28)19-15-11-7-3-1-5-9-13-17-21-31-23-24-32-22-18-14-10-6-2-4-8-12-16-20-26(29)30;;/h1-24H2,(H,27,28)(H,29,30);;/q;2*+1/p-2. The van der Waals surface area contributed by atoms with Crippen molar-refractivity contribution in [1.82, 2.24) is 0 Å². The molecular weight excluding hydrogens is 486 g/mol. The Morgan fingerprint density at radius 1 is 0.382 bits per heavy atom. The topological polar surface area (TPSA) is 80.3 Å². The summed E-state index contributed by atoms with van der Waals surface area (Å²) in [7, 11) is 0. The van der Waals surface area contributed by atoms with E-state index in [1.807, 2.05) is 0 Å². The quantitative estimate of drug-likeness (QED) is 0.107. The number of thioether (sulfide) groups is 2. The van der Waals surface area contributed by atoms with Crippen molar-refractivity contribution in [3.8, 4) is 0 Å². The van der Waals surface area contributed by atoms with Gasteiger partial charge in [-0.25, -0.2) is 0 Å². The molecule has 190 valence electrons. The van der Waals surface area contributed by atoms with Gasteiger partial charge in [0.25, 0.3) is 0 Å². The van der Waals surface area contributed by atoms with E-state index in [4.69, 9.17) is 0 Å². The molecule has 0 saturated carbocycles. The molecule has 0 N–H and O–H groups in total. The molecule has 4 nitrogen and oxygen atoms in total. The Balaban J connectivity index is -0.00000480. The van der Waals surface area contributed by atoms with E-state index in [0.29, 0.717) is 0 Å². The van der Waals surface area contributed by atoms with Gasteiger partial charge in [-0.1, -0.05) is 89.9 Å². The van der Waals surface area contributed by atoms with Gasteiger partial charge in [0.1, 0.15) is 0 Å². The molecule has 8 heteroatoms. The van der Waals surface area contributed by atoms with Crippen molar-refractivity contribution in [2.24, 2.45) is 0 Å². The Morgan fingerprint density at radius 3 is 0.882 bits per heavy atom. The van der Waals surface area contributed by atoms with Gasteiger partial charge in [0.15, 0.2) is 0 Å². The van der Waals surface area contributed by atoms with Gasteiger partial charge in [0.05, 0.1) is 0 Å². The molecule has 0 bridgehead atoms. The van der Waals surface area contributed by atoms with Gasteiger partial charge >= 0.3 is 59.1 Å². The summed E-state index contributed by atoms with van der Waals surface area (Å²) >= 11 is 4.21. The summed E-state index contributed by atoms with van der Waals surface area (Å²) in [5.41, 5.74) is 0. The Bertz CT molecular complexity index is 392. The number of aliphatic carboxylic acids is 2. The van der Waals surface area contributed by atoms with Crippen LogP contribution in [0.2, 0.25) is 0 Å². The van der Waals surface area contributed by atoms with E-state index in [1.165, 1.54) is 100 Å². The van der Waals surface area contributed by atoms with Crippen LogP contribution in [0.3, 0.4) is 0 Å². The third-order valence-electron chi connectivity index (χ3n) is 5.71. The van der Waals surface area contributed by atoms with Gasteiger partial charge in [-0.15, -0.1) is 0 Å². The fraction of sp³-hybridized carbons (Fsp3) is 0.923. The Hall–Kier alpha value is 1.64. The second-order valence-corrected chi connectivity index (χ2v) is 11.3. The van der Waals surface area contributed by atoms with E-state index in [1.54, 1.807) is 0 Å². The summed E-state index contributed by atoms with van der Waals surface area (Å²) in [6.45, 7) is 0. The number of unbranched alkanes of at least 4 members (excludes halogenated alkanes) is 16. The zero-order valence-electron chi connectivity index (χ0n) is 22.4. The number of rotatable bonds is 27. The van der Waals surface area contributed by atoms with Gasteiger partial charge in [-0.05, 0) is 50.0 Å². The average Bonchev–Trinajstić information content (AvgIpc) is 2.75. The molecule has 0 amide bonds. The molecule has 0 spiro atoms. The van der Waals surface area contributed by atoms with Crippen molar-refractivity contribution in [3.05, 3.63) is 0 Å². The van der Waals surface area contributed by atoms with Crippen LogP contribution < -0.4 is 69.3 Å². The predicted octanol–water partition coefficient (Wildman–Crippen LogP) is -0.237. The summed E-state index contributed by atoms with van der Waals surface area (Å²) < 4.78 is 0. The van der Waals surface area contributed by atoms with Gasteiger partial charge < -0.3 is 19.8 Å². The molecule has 0 saturated heterocycles. The van der Waals surface area contributed by atoms with Crippen molar-refractivity contribution in [2.75, 3.05) is 23.0 Å². The maximum Gasteiger partial charge on any atom is 1.00 e. The molecule has 0 aliphatic carbocycles. The largest absolute Gasteiger partial charge is 1.00 e. The summed E-state index contributed by atoms with van der Waals surface area (Å²) in [5, 5.41) is 20.6. The van der Waals surface area contributed by atoms with Crippen LogP contribution in [-0.4, -0.2) is 35.0 Å². The fourth-order valence-electron chi connectivity index (χ4n) is 3.74. The predicted molar refractivity (Wildman–Crippen MR) is 137 cm³/mol. The first-order valence-electron chi connectivity index (χ1n) is 13.2. The van der Waals surface area contributed by atoms with Crippen molar-refractivity contribution >= 4 is 35.5 Å². The minimum absolute atomic E-state index is 0. The number of carboxylic acid groups (broad SMARTS) is 2. The first-order chi connectivity index (χ1) is 15.6. The van der Waals surface area contributed by atoms with Gasteiger partial charge in [-0.2, -0.15) is 23.5 Å². The third kappa shape index (κ3) is 38.2. The Morgan fingerprint density at radius 2 is 0.618 bits per heavy atom. The van der Waals surface area contributed by atoms with Crippen molar-refractivity contribution in [1.29, 1.82) is 0 Å². The SMILES string of the molecule is O=C([O-])CCCCCCCCCCCSCCSCCCCCCCCCCCC(=O)[O-].[Na+].[Na+]. The Kier molecular flexibility index (Phi) is 40.9. The van der Waals surface area contributed by atoms with E-state index in [0.717, 1.165) is 38.5 Å². The van der Waals surface area contributed by atoms with E-state index < -0.39 is 11.9 Å². The molecule has 0 heterocycles. The molecule has 0 aromatic rings. The maximum atomic E-state index is 10.3. The van der Waals surface area contributed by atoms with Crippen LogP contribution in [0.4, 0.5) is 0 Å². The molecule has 0 fully saturated rings. The monoisotopic (exact) mass is 534 g/mol.